The first-order valence-electron chi connectivity index (χ1n) is 8.94. The Hall–Kier alpha value is -3.06. The van der Waals surface area contributed by atoms with E-state index in [9.17, 15) is 10.1 Å². The fourth-order valence-corrected chi connectivity index (χ4v) is 2.62. The minimum absolute atomic E-state index is 0.0934. The number of nitrogens with zero attached hydrogens (tertiary/aromatic N) is 1. The van der Waals surface area contributed by atoms with Crippen molar-refractivity contribution in [3.8, 4) is 6.07 Å². The van der Waals surface area contributed by atoms with Gasteiger partial charge in [0.1, 0.15) is 11.6 Å². The van der Waals surface area contributed by atoms with Crippen LogP contribution in [0.2, 0.25) is 0 Å². The molecule has 4 heteroatoms. The van der Waals surface area contributed by atoms with Gasteiger partial charge in [0.25, 0.3) is 5.91 Å². The van der Waals surface area contributed by atoms with Crippen LogP contribution in [0.15, 0.2) is 72.4 Å². The molecule has 1 unspecified atom stereocenters. The van der Waals surface area contributed by atoms with Crippen molar-refractivity contribution >= 4 is 5.91 Å². The van der Waals surface area contributed by atoms with Crippen LogP contribution in [0.3, 0.4) is 0 Å². The van der Waals surface area contributed by atoms with E-state index >= 15 is 0 Å². The van der Waals surface area contributed by atoms with E-state index in [0.717, 1.165) is 31.4 Å². The minimum atomic E-state index is -0.361. The molecule has 0 heterocycles. The van der Waals surface area contributed by atoms with Gasteiger partial charge < -0.3 is 10.6 Å². The molecule has 0 saturated heterocycles. The summed E-state index contributed by atoms with van der Waals surface area (Å²) in [5.41, 5.74) is 2.43. The zero-order valence-electron chi connectivity index (χ0n) is 15.1. The van der Waals surface area contributed by atoms with Gasteiger partial charge in [0.05, 0.1) is 6.04 Å². The van der Waals surface area contributed by atoms with Crippen molar-refractivity contribution in [1.82, 2.24) is 10.6 Å². The lowest BCUT2D eigenvalue weighted by Crippen LogP contribution is -2.28. The maximum atomic E-state index is 12.2. The van der Waals surface area contributed by atoms with Gasteiger partial charge in [-0.15, -0.1) is 0 Å². The van der Waals surface area contributed by atoms with E-state index in [1.54, 1.807) is 0 Å². The molecular formula is C22H25N3O. The summed E-state index contributed by atoms with van der Waals surface area (Å²) in [6.45, 7) is 2.64. The smallest absolute Gasteiger partial charge is 0.263 e. The second-order valence-electron chi connectivity index (χ2n) is 6.17. The SMILES string of the molecule is CC(NC(=O)/C(C#N)=C\NCCCCc1ccccc1)c1ccccc1. The average molecular weight is 347 g/mol. The Morgan fingerprint density at radius 1 is 1.08 bits per heavy atom. The van der Waals surface area contributed by atoms with Crippen molar-refractivity contribution in [2.24, 2.45) is 0 Å². The number of hydrogen-bond donors (Lipinski definition) is 2. The number of benzene rings is 2. The second kappa shape index (κ2) is 10.7. The number of amides is 1. The molecule has 0 bridgehead atoms. The van der Waals surface area contributed by atoms with Crippen molar-refractivity contribution in [2.45, 2.75) is 32.2 Å². The molecule has 2 N–H and O–H groups in total. The molecule has 2 aromatic carbocycles. The van der Waals surface area contributed by atoms with Crippen molar-refractivity contribution in [2.75, 3.05) is 6.54 Å². The summed E-state index contributed by atoms with van der Waals surface area (Å²) < 4.78 is 0. The zero-order valence-corrected chi connectivity index (χ0v) is 15.1. The molecule has 134 valence electrons. The number of carbonyl (C=O) groups excluding carboxylic acids is 1. The lowest BCUT2D eigenvalue weighted by atomic mass is 10.1. The van der Waals surface area contributed by atoms with Crippen LogP contribution in [0.25, 0.3) is 0 Å². The first-order chi connectivity index (χ1) is 12.7. The van der Waals surface area contributed by atoms with Crippen LogP contribution in [0, 0.1) is 11.3 Å². The van der Waals surface area contributed by atoms with Gasteiger partial charge in [-0.05, 0) is 37.3 Å². The van der Waals surface area contributed by atoms with Crippen LogP contribution >= 0.6 is 0 Å². The van der Waals surface area contributed by atoms with E-state index in [4.69, 9.17) is 0 Å². The highest BCUT2D eigenvalue weighted by molar-refractivity contribution is 5.97. The van der Waals surface area contributed by atoms with E-state index < -0.39 is 0 Å². The molecule has 1 amide bonds. The highest BCUT2D eigenvalue weighted by Gasteiger charge is 2.13. The van der Waals surface area contributed by atoms with Gasteiger partial charge in [-0.25, -0.2) is 0 Å². The van der Waals surface area contributed by atoms with E-state index in [-0.39, 0.29) is 17.5 Å². The number of carbonyl (C=O) groups is 1. The summed E-state index contributed by atoms with van der Waals surface area (Å²) in [6.07, 6.45) is 4.58. The fraction of sp³-hybridized carbons (Fsp3) is 0.273. The van der Waals surface area contributed by atoms with Gasteiger partial charge in [-0.2, -0.15) is 5.26 Å². The van der Waals surface area contributed by atoms with Crippen LogP contribution in [-0.2, 0) is 11.2 Å². The van der Waals surface area contributed by atoms with Crippen LogP contribution in [0.4, 0.5) is 0 Å². The Bertz CT molecular complexity index is 748. The summed E-state index contributed by atoms with van der Waals surface area (Å²) in [6, 6.07) is 21.9. The molecule has 2 rings (SSSR count). The van der Waals surface area contributed by atoms with Crippen LogP contribution in [-0.4, -0.2) is 12.5 Å². The lowest BCUT2D eigenvalue weighted by molar-refractivity contribution is -0.117. The maximum Gasteiger partial charge on any atom is 0.263 e. The van der Waals surface area contributed by atoms with Gasteiger partial charge >= 0.3 is 0 Å². The normalized spacial score (nSPS) is 12.1. The van der Waals surface area contributed by atoms with E-state index in [2.05, 4.69) is 22.8 Å². The van der Waals surface area contributed by atoms with Crippen LogP contribution < -0.4 is 10.6 Å². The fourth-order valence-electron chi connectivity index (χ4n) is 2.62. The Morgan fingerprint density at radius 2 is 1.73 bits per heavy atom. The highest BCUT2D eigenvalue weighted by atomic mass is 16.1. The van der Waals surface area contributed by atoms with Crippen molar-refractivity contribution in [3.05, 3.63) is 83.6 Å². The van der Waals surface area contributed by atoms with E-state index in [0.29, 0.717) is 0 Å². The Morgan fingerprint density at radius 3 is 2.38 bits per heavy atom. The third-order valence-corrected chi connectivity index (χ3v) is 4.14. The van der Waals surface area contributed by atoms with Crippen LogP contribution in [0.1, 0.15) is 36.9 Å². The Balaban J connectivity index is 1.73. The summed E-state index contributed by atoms with van der Waals surface area (Å²) in [5.74, 6) is -0.361. The third-order valence-electron chi connectivity index (χ3n) is 4.14. The summed E-state index contributed by atoms with van der Waals surface area (Å²) >= 11 is 0. The minimum Gasteiger partial charge on any atom is -0.390 e. The number of rotatable bonds is 9. The molecule has 0 spiro atoms. The molecule has 0 aromatic heterocycles. The molecule has 4 nitrogen and oxygen atoms in total. The molecule has 0 aliphatic rings. The third kappa shape index (κ3) is 6.45. The number of nitrogens with one attached hydrogen (secondary N) is 2. The number of unbranched alkanes of at least 4 members (excludes halogenated alkanes) is 1. The molecule has 0 aliphatic carbocycles. The molecule has 2 aromatic rings. The summed E-state index contributed by atoms with van der Waals surface area (Å²) in [7, 11) is 0. The molecule has 0 aliphatic heterocycles. The van der Waals surface area contributed by atoms with E-state index in [1.165, 1.54) is 11.8 Å². The molecular weight excluding hydrogens is 322 g/mol. The van der Waals surface area contributed by atoms with Crippen molar-refractivity contribution in [3.63, 3.8) is 0 Å². The monoisotopic (exact) mass is 347 g/mol. The van der Waals surface area contributed by atoms with Crippen molar-refractivity contribution in [1.29, 1.82) is 5.26 Å². The zero-order chi connectivity index (χ0) is 18.6. The van der Waals surface area contributed by atoms with Crippen LogP contribution in [0.5, 0.6) is 0 Å². The quantitative estimate of drug-likeness (QED) is 0.411. The summed E-state index contributed by atoms with van der Waals surface area (Å²) in [5, 5.41) is 15.1. The Labute approximate surface area is 155 Å². The standard InChI is InChI=1S/C22H25N3O/c1-18(20-13-6-3-7-14-20)25-22(26)21(16-23)17-24-15-9-8-12-19-10-4-2-5-11-19/h2-7,10-11,13-14,17-18,24H,8-9,12,15H2,1H3,(H,25,26)/b21-17-. The van der Waals surface area contributed by atoms with Gasteiger partial charge in [0.15, 0.2) is 0 Å². The summed E-state index contributed by atoms with van der Waals surface area (Å²) in [4.78, 5) is 12.2. The maximum absolute atomic E-state index is 12.2. The second-order valence-corrected chi connectivity index (χ2v) is 6.17. The van der Waals surface area contributed by atoms with E-state index in [1.807, 2.05) is 61.5 Å². The number of aryl methyl sites for hydroxylation is 1. The van der Waals surface area contributed by atoms with Gasteiger partial charge in [-0.1, -0.05) is 60.7 Å². The molecule has 26 heavy (non-hydrogen) atoms. The molecule has 0 fully saturated rings. The first-order valence-corrected chi connectivity index (χ1v) is 8.94. The van der Waals surface area contributed by atoms with Crippen molar-refractivity contribution < 1.29 is 4.79 Å². The number of nitriles is 1. The van der Waals surface area contributed by atoms with Gasteiger partial charge in [-0.3, -0.25) is 4.79 Å². The topological polar surface area (TPSA) is 64.9 Å². The molecule has 0 radical (unpaired) electrons. The largest absolute Gasteiger partial charge is 0.390 e. The number of hydrogen-bond acceptors (Lipinski definition) is 3. The predicted molar refractivity (Wildman–Crippen MR) is 104 cm³/mol. The van der Waals surface area contributed by atoms with Gasteiger partial charge in [0.2, 0.25) is 0 Å². The molecule has 1 atom stereocenters. The lowest BCUT2D eigenvalue weighted by Gasteiger charge is -2.13. The first kappa shape index (κ1) is 19.3. The van der Waals surface area contributed by atoms with Gasteiger partial charge in [0, 0.05) is 12.7 Å². The predicted octanol–water partition coefficient (Wildman–Crippen LogP) is 3.88. The average Bonchev–Trinajstić information content (AvgIpc) is 2.68. The highest BCUT2D eigenvalue weighted by Crippen LogP contribution is 2.11. The molecule has 0 saturated carbocycles. The Kier molecular flexibility index (Phi) is 7.95.